The maximum absolute atomic E-state index is 5.66. The van der Waals surface area contributed by atoms with Crippen LogP contribution >= 0.6 is 0 Å². The lowest BCUT2D eigenvalue weighted by Crippen LogP contribution is -2.26. The SMILES string of the molecule is CCOC(C)(C)CCOc1ccc(C)cc1. The lowest BCUT2D eigenvalue weighted by molar-refractivity contribution is -0.0238. The summed E-state index contributed by atoms with van der Waals surface area (Å²) in [6, 6.07) is 8.12. The van der Waals surface area contributed by atoms with Gasteiger partial charge in [0.05, 0.1) is 12.2 Å². The van der Waals surface area contributed by atoms with E-state index in [0.29, 0.717) is 6.61 Å². The number of aryl methyl sites for hydroxylation is 1. The molecule has 0 bridgehead atoms. The first kappa shape index (κ1) is 13.0. The van der Waals surface area contributed by atoms with Gasteiger partial charge in [-0.3, -0.25) is 0 Å². The van der Waals surface area contributed by atoms with Gasteiger partial charge in [0.2, 0.25) is 0 Å². The molecule has 0 heterocycles. The molecule has 0 atom stereocenters. The molecule has 0 N–H and O–H groups in total. The van der Waals surface area contributed by atoms with Gasteiger partial charge in [0, 0.05) is 13.0 Å². The maximum Gasteiger partial charge on any atom is 0.119 e. The molecule has 1 aromatic carbocycles. The lowest BCUT2D eigenvalue weighted by atomic mass is 10.1. The van der Waals surface area contributed by atoms with E-state index in [0.717, 1.165) is 18.8 Å². The summed E-state index contributed by atoms with van der Waals surface area (Å²) < 4.78 is 11.3. The molecule has 2 nitrogen and oxygen atoms in total. The third kappa shape index (κ3) is 4.67. The summed E-state index contributed by atoms with van der Waals surface area (Å²) in [5, 5.41) is 0. The van der Waals surface area contributed by atoms with Crippen LogP contribution in [0.15, 0.2) is 24.3 Å². The Balaban J connectivity index is 2.32. The zero-order chi connectivity index (χ0) is 12.0. The molecule has 0 saturated carbocycles. The molecular weight excluding hydrogens is 200 g/mol. The summed E-state index contributed by atoms with van der Waals surface area (Å²) in [5.74, 6) is 0.929. The Hall–Kier alpha value is -1.02. The van der Waals surface area contributed by atoms with Crippen LogP contribution in [0.5, 0.6) is 5.75 Å². The summed E-state index contributed by atoms with van der Waals surface area (Å²) in [4.78, 5) is 0. The molecule has 0 spiro atoms. The van der Waals surface area contributed by atoms with E-state index >= 15 is 0 Å². The van der Waals surface area contributed by atoms with E-state index in [1.54, 1.807) is 0 Å². The Bertz CT molecular complexity index is 301. The van der Waals surface area contributed by atoms with Crippen LogP contribution in [-0.2, 0) is 4.74 Å². The van der Waals surface area contributed by atoms with Crippen molar-refractivity contribution in [3.05, 3.63) is 29.8 Å². The highest BCUT2D eigenvalue weighted by molar-refractivity contribution is 5.26. The molecule has 0 aliphatic heterocycles. The zero-order valence-corrected chi connectivity index (χ0v) is 10.7. The quantitative estimate of drug-likeness (QED) is 0.732. The highest BCUT2D eigenvalue weighted by Gasteiger charge is 2.17. The molecule has 0 radical (unpaired) electrons. The fourth-order valence-corrected chi connectivity index (χ4v) is 1.51. The fraction of sp³-hybridized carbons (Fsp3) is 0.571. The van der Waals surface area contributed by atoms with Crippen molar-refractivity contribution in [2.75, 3.05) is 13.2 Å². The summed E-state index contributed by atoms with van der Waals surface area (Å²) in [5.41, 5.74) is 1.15. The highest BCUT2D eigenvalue weighted by atomic mass is 16.5. The van der Waals surface area contributed by atoms with Crippen LogP contribution < -0.4 is 4.74 Å². The summed E-state index contributed by atoms with van der Waals surface area (Å²) in [7, 11) is 0. The van der Waals surface area contributed by atoms with Crippen LogP contribution in [0.2, 0.25) is 0 Å². The van der Waals surface area contributed by atoms with Gasteiger partial charge >= 0.3 is 0 Å². The van der Waals surface area contributed by atoms with Gasteiger partial charge < -0.3 is 9.47 Å². The van der Waals surface area contributed by atoms with Crippen LogP contribution in [0.4, 0.5) is 0 Å². The van der Waals surface area contributed by atoms with E-state index in [1.807, 2.05) is 19.1 Å². The molecule has 0 amide bonds. The van der Waals surface area contributed by atoms with Crippen LogP contribution in [-0.4, -0.2) is 18.8 Å². The molecule has 0 aliphatic carbocycles. The van der Waals surface area contributed by atoms with Gasteiger partial charge in [0.25, 0.3) is 0 Å². The van der Waals surface area contributed by atoms with Crippen LogP contribution in [0, 0.1) is 6.92 Å². The molecule has 1 rings (SSSR count). The maximum atomic E-state index is 5.66. The van der Waals surface area contributed by atoms with Crippen molar-refractivity contribution in [1.29, 1.82) is 0 Å². The standard InChI is InChI=1S/C14H22O2/c1-5-16-14(3,4)10-11-15-13-8-6-12(2)7-9-13/h6-9H,5,10-11H2,1-4H3. The minimum Gasteiger partial charge on any atom is -0.493 e. The van der Waals surface area contributed by atoms with Crippen molar-refractivity contribution in [3.8, 4) is 5.75 Å². The Kier molecular flexibility index (Phi) is 4.81. The topological polar surface area (TPSA) is 18.5 Å². The second-order valence-corrected chi connectivity index (χ2v) is 4.60. The first-order valence-electron chi connectivity index (χ1n) is 5.87. The van der Waals surface area contributed by atoms with Crippen molar-refractivity contribution in [3.63, 3.8) is 0 Å². The minimum absolute atomic E-state index is 0.0978. The second kappa shape index (κ2) is 5.90. The molecule has 16 heavy (non-hydrogen) atoms. The van der Waals surface area contributed by atoms with Crippen molar-refractivity contribution in [2.24, 2.45) is 0 Å². The van der Waals surface area contributed by atoms with E-state index in [-0.39, 0.29) is 5.60 Å². The molecule has 0 aromatic heterocycles. The van der Waals surface area contributed by atoms with Crippen molar-refractivity contribution < 1.29 is 9.47 Å². The van der Waals surface area contributed by atoms with Gasteiger partial charge in [-0.1, -0.05) is 17.7 Å². The molecule has 0 aliphatic rings. The van der Waals surface area contributed by atoms with Crippen LogP contribution in [0.25, 0.3) is 0 Å². The number of hydrogen-bond acceptors (Lipinski definition) is 2. The third-order valence-corrected chi connectivity index (χ3v) is 2.53. The van der Waals surface area contributed by atoms with E-state index in [9.17, 15) is 0 Å². The van der Waals surface area contributed by atoms with Crippen LogP contribution in [0.3, 0.4) is 0 Å². The molecule has 90 valence electrons. The van der Waals surface area contributed by atoms with E-state index < -0.39 is 0 Å². The van der Waals surface area contributed by atoms with Crippen LogP contribution in [0.1, 0.15) is 32.8 Å². The van der Waals surface area contributed by atoms with E-state index in [2.05, 4.69) is 32.9 Å². The number of rotatable bonds is 6. The Morgan fingerprint density at radius 2 is 1.75 bits per heavy atom. The highest BCUT2D eigenvalue weighted by Crippen LogP contribution is 2.16. The first-order valence-corrected chi connectivity index (χ1v) is 5.87. The lowest BCUT2D eigenvalue weighted by Gasteiger charge is -2.24. The Labute approximate surface area is 98.6 Å². The zero-order valence-electron chi connectivity index (χ0n) is 10.7. The second-order valence-electron chi connectivity index (χ2n) is 4.60. The monoisotopic (exact) mass is 222 g/mol. The smallest absolute Gasteiger partial charge is 0.119 e. The Morgan fingerprint density at radius 1 is 1.12 bits per heavy atom. The molecule has 0 fully saturated rings. The third-order valence-electron chi connectivity index (χ3n) is 2.53. The van der Waals surface area contributed by atoms with Crippen molar-refractivity contribution in [1.82, 2.24) is 0 Å². The average Bonchev–Trinajstić information content (AvgIpc) is 2.20. The summed E-state index contributed by atoms with van der Waals surface area (Å²) in [6.45, 7) is 9.71. The molecule has 1 aromatic rings. The molecule has 0 saturated heterocycles. The van der Waals surface area contributed by atoms with Gasteiger partial charge in [-0.05, 0) is 39.8 Å². The van der Waals surface area contributed by atoms with Gasteiger partial charge in [0.15, 0.2) is 0 Å². The summed E-state index contributed by atoms with van der Waals surface area (Å²) in [6.07, 6.45) is 0.898. The molecule has 2 heteroatoms. The van der Waals surface area contributed by atoms with Gasteiger partial charge in [-0.15, -0.1) is 0 Å². The van der Waals surface area contributed by atoms with Gasteiger partial charge in [-0.25, -0.2) is 0 Å². The van der Waals surface area contributed by atoms with Gasteiger partial charge in [0.1, 0.15) is 5.75 Å². The largest absolute Gasteiger partial charge is 0.493 e. The number of benzene rings is 1. The van der Waals surface area contributed by atoms with Gasteiger partial charge in [-0.2, -0.15) is 0 Å². The van der Waals surface area contributed by atoms with E-state index in [1.165, 1.54) is 5.56 Å². The summed E-state index contributed by atoms with van der Waals surface area (Å²) >= 11 is 0. The molecular formula is C14H22O2. The fourth-order valence-electron chi connectivity index (χ4n) is 1.51. The van der Waals surface area contributed by atoms with Crippen molar-refractivity contribution in [2.45, 2.75) is 39.7 Å². The predicted octanol–water partition coefficient (Wildman–Crippen LogP) is 3.58. The minimum atomic E-state index is -0.0978. The predicted molar refractivity (Wildman–Crippen MR) is 67.0 cm³/mol. The molecule has 0 unspecified atom stereocenters. The van der Waals surface area contributed by atoms with Crippen molar-refractivity contribution >= 4 is 0 Å². The average molecular weight is 222 g/mol. The van der Waals surface area contributed by atoms with E-state index in [4.69, 9.17) is 9.47 Å². The Morgan fingerprint density at radius 3 is 2.31 bits per heavy atom. The number of hydrogen-bond donors (Lipinski definition) is 0. The first-order chi connectivity index (χ1) is 7.53. The number of ether oxygens (including phenoxy) is 2. The normalized spacial score (nSPS) is 11.5.